The number of unbranched alkanes of at least 4 members (excludes halogenated alkanes) is 49. The molecule has 416 valence electrons. The Balaban J connectivity index is 4.26. The highest BCUT2D eigenvalue weighted by molar-refractivity contribution is 5.71. The maximum Gasteiger partial charge on any atom is 0.306 e. The van der Waals surface area contributed by atoms with Gasteiger partial charge in [-0.15, -0.1) is 0 Å². The fraction of sp³-hybridized carbons (Fsp3) is 0.953. The quantitative estimate of drug-likeness (QED) is 0.0343. The third-order valence-corrected chi connectivity index (χ3v) is 14.9. The van der Waals surface area contributed by atoms with Crippen LogP contribution >= 0.6 is 0 Å². The number of carbonyl (C=O) groups excluding carboxylic acids is 3. The van der Waals surface area contributed by atoms with Crippen molar-refractivity contribution in [3.8, 4) is 0 Å². The monoisotopic (exact) mass is 989 g/mol. The lowest BCUT2D eigenvalue weighted by molar-refractivity contribution is -0.167. The van der Waals surface area contributed by atoms with E-state index in [4.69, 9.17) is 14.2 Å². The normalized spacial score (nSPS) is 11.9. The number of carbonyl (C=O) groups is 3. The number of esters is 3. The second kappa shape index (κ2) is 60.0. The van der Waals surface area contributed by atoms with Gasteiger partial charge in [0.1, 0.15) is 13.2 Å². The van der Waals surface area contributed by atoms with Crippen LogP contribution in [0.1, 0.15) is 374 Å². The van der Waals surface area contributed by atoms with Gasteiger partial charge in [0.25, 0.3) is 0 Å². The number of hydrogen-bond donors (Lipinski definition) is 0. The van der Waals surface area contributed by atoms with Crippen LogP contribution in [0, 0.1) is 0 Å². The maximum atomic E-state index is 12.9. The molecule has 6 heteroatoms. The average molecular weight is 990 g/mol. The highest BCUT2D eigenvalue weighted by atomic mass is 16.6. The van der Waals surface area contributed by atoms with Crippen molar-refractivity contribution in [2.75, 3.05) is 13.2 Å². The van der Waals surface area contributed by atoms with Crippen molar-refractivity contribution in [1.29, 1.82) is 0 Å². The zero-order valence-corrected chi connectivity index (χ0v) is 47.8. The van der Waals surface area contributed by atoms with Crippen molar-refractivity contribution in [1.82, 2.24) is 0 Å². The van der Waals surface area contributed by atoms with Crippen molar-refractivity contribution in [3.63, 3.8) is 0 Å². The summed E-state index contributed by atoms with van der Waals surface area (Å²) in [6.07, 6.45) is 68.2. The first-order valence-corrected chi connectivity index (χ1v) is 32.0. The molecule has 0 heterocycles. The molecule has 0 spiro atoms. The summed E-state index contributed by atoms with van der Waals surface area (Å²) >= 11 is 0. The van der Waals surface area contributed by atoms with Gasteiger partial charge in [-0.25, -0.2) is 0 Å². The van der Waals surface area contributed by atoms with Gasteiger partial charge in [-0.05, 0) is 19.3 Å². The van der Waals surface area contributed by atoms with Crippen molar-refractivity contribution in [2.45, 2.75) is 380 Å². The summed E-state index contributed by atoms with van der Waals surface area (Å²) in [4.78, 5) is 38.3. The third kappa shape index (κ3) is 57.3. The molecule has 0 bridgehead atoms. The Kier molecular flexibility index (Phi) is 58.6. The molecule has 0 aliphatic rings. The third-order valence-electron chi connectivity index (χ3n) is 14.9. The lowest BCUT2D eigenvalue weighted by Crippen LogP contribution is -2.30. The average Bonchev–Trinajstić information content (AvgIpc) is 3.36. The predicted molar refractivity (Wildman–Crippen MR) is 303 cm³/mol. The SMILES string of the molecule is CCCCCCCCCCCCCCCCCCCCCC(=O)OC[C@@H](COC(=O)CCCCCCCCCCCCCCCC)OC(=O)CCCCCCCCCCCCCCCCCCCCC. The summed E-state index contributed by atoms with van der Waals surface area (Å²) in [5.41, 5.74) is 0. The lowest BCUT2D eigenvalue weighted by atomic mass is 10.0. The van der Waals surface area contributed by atoms with Crippen molar-refractivity contribution in [3.05, 3.63) is 0 Å². The Bertz CT molecular complexity index is 1040. The highest BCUT2D eigenvalue weighted by Crippen LogP contribution is 2.19. The molecule has 0 fully saturated rings. The van der Waals surface area contributed by atoms with Gasteiger partial charge in [0, 0.05) is 19.3 Å². The summed E-state index contributed by atoms with van der Waals surface area (Å²) in [5.74, 6) is -0.824. The Morgan fingerprint density at radius 2 is 0.386 bits per heavy atom. The van der Waals surface area contributed by atoms with Crippen LogP contribution in [0.3, 0.4) is 0 Å². The van der Waals surface area contributed by atoms with E-state index in [9.17, 15) is 14.4 Å². The van der Waals surface area contributed by atoms with Gasteiger partial charge in [-0.2, -0.15) is 0 Å². The molecule has 0 amide bonds. The van der Waals surface area contributed by atoms with E-state index in [1.54, 1.807) is 0 Å². The summed E-state index contributed by atoms with van der Waals surface area (Å²) in [5, 5.41) is 0. The Labute approximate surface area is 438 Å². The van der Waals surface area contributed by atoms with Crippen LogP contribution in [-0.2, 0) is 28.6 Å². The van der Waals surface area contributed by atoms with E-state index in [1.165, 1.54) is 276 Å². The van der Waals surface area contributed by atoms with Crippen molar-refractivity contribution in [2.24, 2.45) is 0 Å². The topological polar surface area (TPSA) is 78.9 Å². The molecule has 0 N–H and O–H groups in total. The van der Waals surface area contributed by atoms with E-state index in [-0.39, 0.29) is 31.1 Å². The number of rotatable bonds is 60. The van der Waals surface area contributed by atoms with E-state index in [0.717, 1.165) is 57.8 Å². The molecule has 0 unspecified atom stereocenters. The molecule has 0 aromatic rings. The van der Waals surface area contributed by atoms with Gasteiger partial charge in [0.05, 0.1) is 0 Å². The maximum absolute atomic E-state index is 12.9. The van der Waals surface area contributed by atoms with E-state index in [0.29, 0.717) is 19.3 Å². The molecule has 0 aliphatic carbocycles. The van der Waals surface area contributed by atoms with Crippen LogP contribution in [0.2, 0.25) is 0 Å². The van der Waals surface area contributed by atoms with E-state index >= 15 is 0 Å². The standard InChI is InChI=1S/C64H124O6/c1-4-7-10-13-16-19-22-25-28-30-32-34-36-39-42-45-48-51-54-57-63(66)69-60-61(59-68-62(65)56-53-50-47-44-41-38-27-24-21-18-15-12-9-6-3)70-64(67)58-55-52-49-46-43-40-37-35-33-31-29-26-23-20-17-14-11-8-5-2/h61H,4-60H2,1-3H3/t61-/m1/s1. The summed E-state index contributed by atoms with van der Waals surface area (Å²) in [7, 11) is 0. The molecular formula is C64H124O6. The molecule has 1 atom stereocenters. The fourth-order valence-electron chi connectivity index (χ4n) is 10.0. The molecule has 0 saturated heterocycles. The first-order chi connectivity index (χ1) is 34.5. The Morgan fingerprint density at radius 3 is 0.571 bits per heavy atom. The summed E-state index contributed by atoms with van der Waals surface area (Å²) < 4.78 is 17.0. The largest absolute Gasteiger partial charge is 0.462 e. The van der Waals surface area contributed by atoms with Gasteiger partial charge >= 0.3 is 17.9 Å². The van der Waals surface area contributed by atoms with Crippen LogP contribution in [0.25, 0.3) is 0 Å². The molecule has 0 aliphatic heterocycles. The van der Waals surface area contributed by atoms with Crippen LogP contribution < -0.4 is 0 Å². The molecule has 0 aromatic carbocycles. The number of hydrogen-bond acceptors (Lipinski definition) is 6. The van der Waals surface area contributed by atoms with Gasteiger partial charge in [0.2, 0.25) is 0 Å². The lowest BCUT2D eigenvalue weighted by Gasteiger charge is -2.18. The van der Waals surface area contributed by atoms with Gasteiger partial charge in [-0.1, -0.05) is 335 Å². The minimum absolute atomic E-state index is 0.0605. The minimum Gasteiger partial charge on any atom is -0.462 e. The Morgan fingerprint density at radius 1 is 0.229 bits per heavy atom. The van der Waals surface area contributed by atoms with Crippen LogP contribution in [0.4, 0.5) is 0 Å². The minimum atomic E-state index is -0.762. The van der Waals surface area contributed by atoms with Crippen molar-refractivity contribution >= 4 is 17.9 Å². The second-order valence-electron chi connectivity index (χ2n) is 22.1. The molecule has 70 heavy (non-hydrogen) atoms. The molecular weight excluding hydrogens is 865 g/mol. The van der Waals surface area contributed by atoms with E-state index < -0.39 is 6.10 Å². The van der Waals surface area contributed by atoms with Crippen LogP contribution in [-0.4, -0.2) is 37.2 Å². The summed E-state index contributed by atoms with van der Waals surface area (Å²) in [6.45, 7) is 6.73. The first kappa shape index (κ1) is 68.4. The molecule has 6 nitrogen and oxygen atoms in total. The zero-order chi connectivity index (χ0) is 50.7. The van der Waals surface area contributed by atoms with E-state index in [2.05, 4.69) is 20.8 Å². The Hall–Kier alpha value is -1.59. The van der Waals surface area contributed by atoms with Crippen molar-refractivity contribution < 1.29 is 28.6 Å². The first-order valence-electron chi connectivity index (χ1n) is 32.0. The van der Waals surface area contributed by atoms with Gasteiger partial charge < -0.3 is 14.2 Å². The molecule has 0 rings (SSSR count). The smallest absolute Gasteiger partial charge is 0.306 e. The zero-order valence-electron chi connectivity index (χ0n) is 47.8. The number of ether oxygens (including phenoxy) is 3. The van der Waals surface area contributed by atoms with Crippen LogP contribution in [0.15, 0.2) is 0 Å². The fourth-order valence-corrected chi connectivity index (χ4v) is 10.0. The van der Waals surface area contributed by atoms with E-state index in [1.807, 2.05) is 0 Å². The van der Waals surface area contributed by atoms with Crippen LogP contribution in [0.5, 0.6) is 0 Å². The second-order valence-corrected chi connectivity index (χ2v) is 22.1. The predicted octanol–water partition coefficient (Wildman–Crippen LogP) is 21.5. The van der Waals surface area contributed by atoms with Gasteiger partial charge in [0.15, 0.2) is 6.10 Å². The molecule has 0 saturated carbocycles. The summed E-state index contributed by atoms with van der Waals surface area (Å²) in [6, 6.07) is 0. The highest BCUT2D eigenvalue weighted by Gasteiger charge is 2.19. The molecule has 0 aromatic heterocycles. The van der Waals surface area contributed by atoms with Gasteiger partial charge in [-0.3, -0.25) is 14.4 Å². The molecule has 0 radical (unpaired) electrons.